The molecule has 3 aliphatic carbocycles. The van der Waals surface area contributed by atoms with Gasteiger partial charge in [0.1, 0.15) is 0 Å². The van der Waals surface area contributed by atoms with Crippen molar-refractivity contribution in [3.63, 3.8) is 0 Å². The number of hydrogen-bond acceptors (Lipinski definition) is 2. The van der Waals surface area contributed by atoms with Gasteiger partial charge in [-0.15, -0.1) is 0 Å². The molecule has 2 bridgehead atoms. The third-order valence-electron chi connectivity index (χ3n) is 5.09. The summed E-state index contributed by atoms with van der Waals surface area (Å²) in [5.74, 6) is 3.30. The highest BCUT2D eigenvalue weighted by Gasteiger charge is 2.52. The molecule has 4 rings (SSSR count). The van der Waals surface area contributed by atoms with Crippen molar-refractivity contribution in [2.24, 2.45) is 23.7 Å². The van der Waals surface area contributed by atoms with Crippen LogP contribution in [-0.2, 0) is 9.47 Å². The molecule has 0 aromatic heterocycles. The molecule has 0 aromatic carbocycles. The van der Waals surface area contributed by atoms with Crippen molar-refractivity contribution in [2.45, 2.75) is 31.5 Å². The molecule has 2 nitrogen and oxygen atoms in total. The second-order valence-corrected chi connectivity index (χ2v) is 6.94. The Balaban J connectivity index is 1.71. The zero-order valence-electron chi connectivity index (χ0n) is 10.0. The number of ether oxygens (including phenoxy) is 2. The van der Waals surface area contributed by atoms with E-state index in [1.165, 1.54) is 23.5 Å². The Morgan fingerprint density at radius 3 is 1.76 bits per heavy atom. The summed E-state index contributed by atoms with van der Waals surface area (Å²) in [6.07, 6.45) is 4.72. The van der Waals surface area contributed by atoms with Gasteiger partial charge >= 0.3 is 0 Å². The van der Waals surface area contributed by atoms with Crippen LogP contribution in [0.2, 0.25) is 0 Å². The zero-order chi connectivity index (χ0) is 11.9. The fourth-order valence-corrected chi connectivity index (χ4v) is 6.04. The molecule has 4 fully saturated rings. The van der Waals surface area contributed by atoms with E-state index in [0.29, 0.717) is 0 Å². The van der Waals surface area contributed by atoms with Gasteiger partial charge in [-0.05, 0) is 36.5 Å². The van der Waals surface area contributed by atoms with E-state index >= 15 is 0 Å². The summed E-state index contributed by atoms with van der Waals surface area (Å²) < 4.78 is 11.8. The second kappa shape index (κ2) is 5.10. The van der Waals surface area contributed by atoms with Crippen LogP contribution in [0.15, 0.2) is 0 Å². The van der Waals surface area contributed by atoms with Crippen LogP contribution in [0.3, 0.4) is 0 Å². The molecule has 4 heteroatoms. The van der Waals surface area contributed by atoms with Gasteiger partial charge in [-0.25, -0.2) is 0 Å². The molecule has 1 heterocycles. The zero-order valence-corrected chi connectivity index (χ0v) is 13.2. The van der Waals surface area contributed by atoms with Crippen molar-refractivity contribution in [2.75, 3.05) is 23.9 Å². The predicted molar refractivity (Wildman–Crippen MR) is 74.7 cm³/mol. The molecule has 1 spiro atoms. The standard InChI is InChI=1S/C13H20Br2O2/c14-7-11-9-1-3-13(16-5-6-17-13)4-2-10(11)12(9)8-15/h9-12H,1-8H2. The topological polar surface area (TPSA) is 18.5 Å². The summed E-state index contributed by atoms with van der Waals surface area (Å²) in [6.45, 7) is 1.58. The molecule has 3 saturated carbocycles. The monoisotopic (exact) mass is 366 g/mol. The summed E-state index contributed by atoms with van der Waals surface area (Å²) in [5.41, 5.74) is 0. The SMILES string of the molecule is BrCC1C2CCC3(CCC1C2CBr)OCCO3. The number of hydrogen-bond donors (Lipinski definition) is 0. The maximum Gasteiger partial charge on any atom is 0.168 e. The molecule has 1 aliphatic heterocycles. The minimum absolute atomic E-state index is 0.203. The first-order valence-electron chi connectivity index (χ1n) is 6.69. The smallest absolute Gasteiger partial charge is 0.168 e. The summed E-state index contributed by atoms with van der Waals surface area (Å²) >= 11 is 7.39. The molecule has 98 valence electrons. The van der Waals surface area contributed by atoms with Crippen LogP contribution < -0.4 is 0 Å². The Bertz CT molecular complexity index is 249. The fraction of sp³-hybridized carbons (Fsp3) is 1.00. The van der Waals surface area contributed by atoms with Crippen molar-refractivity contribution in [3.05, 3.63) is 0 Å². The largest absolute Gasteiger partial charge is 0.348 e. The molecule has 0 amide bonds. The summed E-state index contributed by atoms with van der Waals surface area (Å²) in [5, 5.41) is 2.33. The van der Waals surface area contributed by atoms with E-state index in [9.17, 15) is 0 Å². The van der Waals surface area contributed by atoms with E-state index in [-0.39, 0.29) is 5.79 Å². The van der Waals surface area contributed by atoms with Crippen LogP contribution in [0.5, 0.6) is 0 Å². The van der Waals surface area contributed by atoms with Crippen LogP contribution in [-0.4, -0.2) is 29.7 Å². The molecule has 17 heavy (non-hydrogen) atoms. The lowest BCUT2D eigenvalue weighted by Gasteiger charge is -2.55. The summed E-state index contributed by atoms with van der Waals surface area (Å²) in [6, 6.07) is 0. The minimum atomic E-state index is -0.203. The molecule has 0 N–H and O–H groups in total. The maximum absolute atomic E-state index is 5.88. The Hall–Kier alpha value is 0.880. The Morgan fingerprint density at radius 1 is 0.882 bits per heavy atom. The molecular weight excluding hydrogens is 348 g/mol. The van der Waals surface area contributed by atoms with E-state index in [2.05, 4.69) is 31.9 Å². The van der Waals surface area contributed by atoms with Crippen LogP contribution in [0, 0.1) is 23.7 Å². The van der Waals surface area contributed by atoms with Gasteiger partial charge in [-0.3, -0.25) is 0 Å². The Morgan fingerprint density at radius 2 is 1.35 bits per heavy atom. The molecule has 4 aliphatic rings. The predicted octanol–water partition coefficient (Wildman–Crippen LogP) is 3.57. The average molecular weight is 368 g/mol. The lowest BCUT2D eigenvalue weighted by molar-refractivity contribution is -0.193. The number of halogens is 2. The minimum Gasteiger partial charge on any atom is -0.348 e. The van der Waals surface area contributed by atoms with Crippen LogP contribution >= 0.6 is 31.9 Å². The van der Waals surface area contributed by atoms with Crippen molar-refractivity contribution in [3.8, 4) is 0 Å². The molecule has 0 unspecified atom stereocenters. The first-order chi connectivity index (χ1) is 8.29. The van der Waals surface area contributed by atoms with Crippen LogP contribution in [0.4, 0.5) is 0 Å². The van der Waals surface area contributed by atoms with Crippen LogP contribution in [0.25, 0.3) is 0 Å². The highest BCUT2D eigenvalue weighted by Crippen LogP contribution is 2.55. The second-order valence-electron chi connectivity index (χ2n) is 5.65. The average Bonchev–Trinajstić information content (AvgIpc) is 2.74. The number of alkyl halides is 2. The summed E-state index contributed by atoms with van der Waals surface area (Å²) in [4.78, 5) is 0. The highest BCUT2D eigenvalue weighted by molar-refractivity contribution is 9.09. The highest BCUT2D eigenvalue weighted by atomic mass is 79.9. The fourth-order valence-electron chi connectivity index (χ4n) is 4.12. The van der Waals surface area contributed by atoms with Gasteiger partial charge in [0.25, 0.3) is 0 Å². The Kier molecular flexibility index (Phi) is 3.87. The third kappa shape index (κ3) is 2.13. The van der Waals surface area contributed by atoms with E-state index in [4.69, 9.17) is 9.47 Å². The van der Waals surface area contributed by atoms with Gasteiger partial charge in [0.15, 0.2) is 5.79 Å². The van der Waals surface area contributed by atoms with Crippen LogP contribution in [0.1, 0.15) is 25.7 Å². The molecule has 0 aromatic rings. The van der Waals surface area contributed by atoms with Gasteiger partial charge < -0.3 is 9.47 Å². The van der Waals surface area contributed by atoms with E-state index in [0.717, 1.165) is 49.7 Å². The lowest BCUT2D eigenvalue weighted by Crippen LogP contribution is -2.52. The van der Waals surface area contributed by atoms with Gasteiger partial charge in [-0.1, -0.05) is 31.9 Å². The first kappa shape index (κ1) is 12.9. The first-order valence-corrected chi connectivity index (χ1v) is 8.94. The van der Waals surface area contributed by atoms with Gasteiger partial charge in [-0.2, -0.15) is 0 Å². The number of rotatable bonds is 2. The van der Waals surface area contributed by atoms with E-state index < -0.39 is 0 Å². The number of fused-ring (bicyclic) bond motifs is 2. The van der Waals surface area contributed by atoms with Crippen molar-refractivity contribution in [1.82, 2.24) is 0 Å². The van der Waals surface area contributed by atoms with Crippen molar-refractivity contribution in [1.29, 1.82) is 0 Å². The van der Waals surface area contributed by atoms with Gasteiger partial charge in [0.2, 0.25) is 0 Å². The molecular formula is C13H20Br2O2. The van der Waals surface area contributed by atoms with Crippen molar-refractivity contribution >= 4 is 31.9 Å². The normalized spacial score (nSPS) is 44.1. The molecule has 0 atom stereocenters. The van der Waals surface area contributed by atoms with E-state index in [1.807, 2.05) is 0 Å². The maximum atomic E-state index is 5.88. The lowest BCUT2D eigenvalue weighted by atomic mass is 9.54. The van der Waals surface area contributed by atoms with Gasteiger partial charge in [0, 0.05) is 23.5 Å². The Labute approximate surface area is 120 Å². The summed E-state index contributed by atoms with van der Waals surface area (Å²) in [7, 11) is 0. The van der Waals surface area contributed by atoms with E-state index in [1.54, 1.807) is 0 Å². The molecule has 0 radical (unpaired) electrons. The third-order valence-corrected chi connectivity index (χ3v) is 6.58. The molecule has 1 saturated heterocycles. The quantitative estimate of drug-likeness (QED) is 0.694. The van der Waals surface area contributed by atoms with Crippen molar-refractivity contribution < 1.29 is 9.47 Å². The van der Waals surface area contributed by atoms with Gasteiger partial charge in [0.05, 0.1) is 13.2 Å².